The minimum Gasteiger partial charge on any atom is -0.496 e. The lowest BCUT2D eigenvalue weighted by Crippen LogP contribution is -3.13. The van der Waals surface area contributed by atoms with E-state index in [9.17, 15) is 4.39 Å². The summed E-state index contributed by atoms with van der Waals surface area (Å²) in [6.07, 6.45) is 0. The van der Waals surface area contributed by atoms with E-state index in [0.29, 0.717) is 5.11 Å². The second-order valence-corrected chi connectivity index (χ2v) is 7.05. The lowest BCUT2D eigenvalue weighted by molar-refractivity contribution is -0.917. The van der Waals surface area contributed by atoms with E-state index in [2.05, 4.69) is 29.3 Å². The van der Waals surface area contributed by atoms with Gasteiger partial charge in [-0.2, -0.15) is 0 Å². The van der Waals surface area contributed by atoms with E-state index in [0.717, 1.165) is 44.2 Å². The molecule has 138 valence electrons. The first-order valence-corrected chi connectivity index (χ1v) is 9.24. The molecule has 0 aliphatic carbocycles. The highest BCUT2D eigenvalue weighted by atomic mass is 32.1. The molecular weight excluding hydrogens is 349 g/mol. The Morgan fingerprint density at radius 3 is 2.54 bits per heavy atom. The second kappa shape index (κ2) is 8.47. The quantitative estimate of drug-likeness (QED) is 0.804. The minimum atomic E-state index is -0.245. The number of aryl methyl sites for hydroxylation is 1. The van der Waals surface area contributed by atoms with Gasteiger partial charge in [-0.1, -0.05) is 11.6 Å². The van der Waals surface area contributed by atoms with Gasteiger partial charge in [-0.25, -0.2) is 4.39 Å². The van der Waals surface area contributed by atoms with Gasteiger partial charge in [-0.3, -0.25) is 0 Å². The molecule has 1 saturated heterocycles. The van der Waals surface area contributed by atoms with E-state index in [-0.39, 0.29) is 5.82 Å². The summed E-state index contributed by atoms with van der Waals surface area (Å²) in [5.74, 6) is 0.712. The highest BCUT2D eigenvalue weighted by Gasteiger charge is 2.23. The Hall–Kier alpha value is -2.18. The third-order valence-corrected chi connectivity index (χ3v) is 5.09. The number of nitrogens with one attached hydrogen (secondary N) is 2. The predicted octanol–water partition coefficient (Wildman–Crippen LogP) is 2.24. The maximum absolute atomic E-state index is 13.0. The number of hydrogen-bond donors (Lipinski definition) is 2. The smallest absolute Gasteiger partial charge is 0.173 e. The van der Waals surface area contributed by atoms with Crippen molar-refractivity contribution in [2.24, 2.45) is 0 Å². The third kappa shape index (κ3) is 4.71. The molecule has 4 nitrogen and oxygen atoms in total. The van der Waals surface area contributed by atoms with E-state index >= 15 is 0 Å². The minimum absolute atomic E-state index is 0.245. The van der Waals surface area contributed by atoms with Crippen molar-refractivity contribution in [1.29, 1.82) is 0 Å². The Balaban J connectivity index is 1.53. The molecule has 1 heterocycles. The molecule has 0 spiro atoms. The summed E-state index contributed by atoms with van der Waals surface area (Å²) in [6, 6.07) is 12.6. The van der Waals surface area contributed by atoms with Crippen molar-refractivity contribution in [1.82, 2.24) is 4.90 Å². The van der Waals surface area contributed by atoms with Crippen LogP contribution in [0.4, 0.5) is 10.1 Å². The van der Waals surface area contributed by atoms with Crippen LogP contribution in [0, 0.1) is 12.7 Å². The zero-order chi connectivity index (χ0) is 18.5. The fraction of sp³-hybridized carbons (Fsp3) is 0.350. The number of piperazine rings is 1. The van der Waals surface area contributed by atoms with Crippen molar-refractivity contribution in [3.05, 3.63) is 59.4 Å². The van der Waals surface area contributed by atoms with Gasteiger partial charge in [0, 0.05) is 11.3 Å². The number of halogens is 1. The number of quaternary nitrogens is 1. The summed E-state index contributed by atoms with van der Waals surface area (Å²) in [6.45, 7) is 6.89. The molecule has 2 N–H and O–H groups in total. The number of anilines is 1. The average Bonchev–Trinajstić information content (AvgIpc) is 2.64. The molecule has 3 rings (SSSR count). The monoisotopic (exact) mass is 374 g/mol. The molecule has 0 bridgehead atoms. The summed E-state index contributed by atoms with van der Waals surface area (Å²) >= 11 is 5.51. The summed E-state index contributed by atoms with van der Waals surface area (Å²) < 4.78 is 18.5. The standard InChI is InChI=1S/C20H24FN3OS/c1-15-3-8-19(25-2)16(13-15)14-23-9-11-24(12-10-23)20(26)22-18-6-4-17(21)5-7-18/h3-8,13H,9-12,14H2,1-2H3,(H,22,26)/p+1. The fourth-order valence-corrected chi connectivity index (χ4v) is 3.55. The van der Waals surface area contributed by atoms with E-state index < -0.39 is 0 Å². The lowest BCUT2D eigenvalue weighted by Gasteiger charge is -2.34. The molecule has 6 heteroatoms. The van der Waals surface area contributed by atoms with Crippen molar-refractivity contribution >= 4 is 23.0 Å². The Bertz CT molecular complexity index is 758. The van der Waals surface area contributed by atoms with Gasteiger partial charge < -0.3 is 19.9 Å². The molecule has 1 aliphatic rings. The number of methoxy groups -OCH3 is 1. The molecular formula is C20H25FN3OS+. The first-order chi connectivity index (χ1) is 12.5. The Labute approximate surface area is 159 Å². The van der Waals surface area contributed by atoms with Crippen molar-refractivity contribution in [2.45, 2.75) is 13.5 Å². The first-order valence-electron chi connectivity index (χ1n) is 8.84. The maximum atomic E-state index is 13.0. The molecule has 0 amide bonds. The number of nitrogens with zero attached hydrogens (tertiary/aromatic N) is 1. The van der Waals surface area contributed by atoms with Crippen LogP contribution >= 0.6 is 12.2 Å². The summed E-state index contributed by atoms with van der Waals surface area (Å²) in [5, 5.41) is 3.89. The van der Waals surface area contributed by atoms with E-state index in [1.54, 1.807) is 19.2 Å². The van der Waals surface area contributed by atoms with Crippen LogP contribution in [0.2, 0.25) is 0 Å². The summed E-state index contributed by atoms with van der Waals surface area (Å²) in [4.78, 5) is 3.70. The van der Waals surface area contributed by atoms with Crippen LogP contribution < -0.4 is 15.0 Å². The van der Waals surface area contributed by atoms with Crippen LogP contribution in [0.3, 0.4) is 0 Å². The molecule has 2 aromatic rings. The van der Waals surface area contributed by atoms with Crippen LogP contribution in [0.5, 0.6) is 5.75 Å². The van der Waals surface area contributed by atoms with Crippen LogP contribution in [-0.2, 0) is 6.54 Å². The molecule has 0 aromatic heterocycles. The topological polar surface area (TPSA) is 28.9 Å². The van der Waals surface area contributed by atoms with E-state index in [1.165, 1.54) is 28.2 Å². The Kier molecular flexibility index (Phi) is 6.06. The number of hydrogen-bond acceptors (Lipinski definition) is 2. The van der Waals surface area contributed by atoms with E-state index in [1.807, 2.05) is 6.07 Å². The highest BCUT2D eigenvalue weighted by molar-refractivity contribution is 7.80. The van der Waals surface area contributed by atoms with Crippen LogP contribution in [-0.4, -0.2) is 43.3 Å². The molecule has 1 aliphatic heterocycles. The Morgan fingerprint density at radius 1 is 1.19 bits per heavy atom. The predicted molar refractivity (Wildman–Crippen MR) is 106 cm³/mol. The van der Waals surface area contributed by atoms with Gasteiger partial charge in [0.1, 0.15) is 18.1 Å². The molecule has 1 fully saturated rings. The molecule has 2 aromatic carbocycles. The third-order valence-electron chi connectivity index (χ3n) is 4.73. The number of thiocarbonyl (C=S) groups is 1. The maximum Gasteiger partial charge on any atom is 0.173 e. The number of benzene rings is 2. The normalized spacial score (nSPS) is 15.0. The van der Waals surface area contributed by atoms with Gasteiger partial charge in [-0.15, -0.1) is 0 Å². The van der Waals surface area contributed by atoms with Crippen molar-refractivity contribution in [3.63, 3.8) is 0 Å². The van der Waals surface area contributed by atoms with Crippen LogP contribution in [0.25, 0.3) is 0 Å². The average molecular weight is 375 g/mol. The molecule has 0 radical (unpaired) electrons. The van der Waals surface area contributed by atoms with Gasteiger partial charge >= 0.3 is 0 Å². The SMILES string of the molecule is COc1ccc(C)cc1C[NH+]1CCN(C(=S)Nc2ccc(F)cc2)CC1. The summed E-state index contributed by atoms with van der Waals surface area (Å²) in [5.41, 5.74) is 3.32. The number of rotatable bonds is 4. The summed E-state index contributed by atoms with van der Waals surface area (Å²) in [7, 11) is 1.72. The van der Waals surface area contributed by atoms with Crippen molar-refractivity contribution in [3.8, 4) is 5.75 Å². The highest BCUT2D eigenvalue weighted by Crippen LogP contribution is 2.18. The first kappa shape index (κ1) is 18.6. The zero-order valence-corrected chi connectivity index (χ0v) is 16.0. The number of ether oxygens (including phenoxy) is 1. The van der Waals surface area contributed by atoms with Crippen LogP contribution in [0.15, 0.2) is 42.5 Å². The molecule has 26 heavy (non-hydrogen) atoms. The molecule has 0 atom stereocenters. The van der Waals surface area contributed by atoms with Gasteiger partial charge in [0.2, 0.25) is 0 Å². The van der Waals surface area contributed by atoms with E-state index in [4.69, 9.17) is 17.0 Å². The van der Waals surface area contributed by atoms with Gasteiger partial charge in [0.15, 0.2) is 5.11 Å². The van der Waals surface area contributed by atoms with Gasteiger partial charge in [-0.05, 0) is 55.5 Å². The second-order valence-electron chi connectivity index (χ2n) is 6.67. The fourth-order valence-electron chi connectivity index (χ4n) is 3.25. The molecule has 0 unspecified atom stereocenters. The van der Waals surface area contributed by atoms with Gasteiger partial charge in [0.05, 0.1) is 33.3 Å². The van der Waals surface area contributed by atoms with Gasteiger partial charge in [0.25, 0.3) is 0 Å². The van der Waals surface area contributed by atoms with Crippen LogP contribution in [0.1, 0.15) is 11.1 Å². The largest absolute Gasteiger partial charge is 0.496 e. The van der Waals surface area contributed by atoms with Crippen molar-refractivity contribution in [2.75, 3.05) is 38.6 Å². The zero-order valence-electron chi connectivity index (χ0n) is 15.2. The lowest BCUT2D eigenvalue weighted by atomic mass is 10.1. The van der Waals surface area contributed by atoms with Crippen molar-refractivity contribution < 1.29 is 14.0 Å². The molecule has 0 saturated carbocycles. The Morgan fingerprint density at radius 2 is 1.88 bits per heavy atom.